The number of aliphatic carboxylic acids is 1. The zero-order valence-corrected chi connectivity index (χ0v) is 12.4. The van der Waals surface area contributed by atoms with Crippen LogP contribution in [0.5, 0.6) is 0 Å². The van der Waals surface area contributed by atoms with E-state index in [1.54, 1.807) is 12.1 Å². The largest absolute Gasteiger partial charge is 0.481 e. The average Bonchev–Trinajstić information content (AvgIpc) is 2.72. The van der Waals surface area contributed by atoms with Gasteiger partial charge in [-0.25, -0.2) is 9.37 Å². The van der Waals surface area contributed by atoms with Crippen LogP contribution in [0.3, 0.4) is 0 Å². The summed E-state index contributed by atoms with van der Waals surface area (Å²) in [5.74, 6) is -1.19. The van der Waals surface area contributed by atoms with E-state index in [1.165, 1.54) is 17.4 Å². The minimum atomic E-state index is -0.837. The Morgan fingerprint density at radius 3 is 2.90 bits per heavy atom. The summed E-state index contributed by atoms with van der Waals surface area (Å²) in [6.07, 6.45) is 0.844. The molecule has 0 aliphatic carbocycles. The van der Waals surface area contributed by atoms with Crippen LogP contribution >= 0.6 is 22.9 Å². The molecule has 0 spiro atoms. The lowest BCUT2D eigenvalue weighted by molar-refractivity contribution is -0.136. The number of halogens is 2. The van der Waals surface area contributed by atoms with Crippen molar-refractivity contribution >= 4 is 28.9 Å². The number of hydrogen-bond acceptors (Lipinski definition) is 3. The summed E-state index contributed by atoms with van der Waals surface area (Å²) >= 11 is 7.40. The molecule has 0 fully saturated rings. The van der Waals surface area contributed by atoms with Gasteiger partial charge in [0.2, 0.25) is 0 Å². The predicted molar refractivity (Wildman–Crippen MR) is 77.0 cm³/mol. The van der Waals surface area contributed by atoms with Crippen molar-refractivity contribution in [2.75, 3.05) is 0 Å². The van der Waals surface area contributed by atoms with Gasteiger partial charge in [0.15, 0.2) is 0 Å². The fourth-order valence-corrected chi connectivity index (χ4v) is 3.18. The summed E-state index contributed by atoms with van der Waals surface area (Å²) in [7, 11) is 0. The number of aryl methyl sites for hydroxylation is 2. The third kappa shape index (κ3) is 3.55. The Hall–Kier alpha value is -1.46. The molecule has 0 saturated heterocycles. The molecule has 0 atom stereocenters. The third-order valence-electron chi connectivity index (χ3n) is 2.89. The smallest absolute Gasteiger partial charge is 0.303 e. The minimum Gasteiger partial charge on any atom is -0.481 e. The number of hydrogen-bond donors (Lipinski definition) is 1. The molecule has 0 aliphatic heterocycles. The summed E-state index contributed by atoms with van der Waals surface area (Å²) < 4.78 is 13.7. The molecule has 106 valence electrons. The molecule has 0 bridgehead atoms. The molecule has 1 N–H and O–H groups in total. The minimum absolute atomic E-state index is 0.0723. The second-order valence-corrected chi connectivity index (χ2v) is 5.96. The average molecular weight is 314 g/mol. The first kappa shape index (κ1) is 14.9. The van der Waals surface area contributed by atoms with Crippen molar-refractivity contribution in [3.63, 3.8) is 0 Å². The Bertz CT molecular complexity index is 622. The Balaban J connectivity index is 2.18. The van der Waals surface area contributed by atoms with E-state index >= 15 is 0 Å². The predicted octanol–water partition coefficient (Wildman–Crippen LogP) is 3.85. The van der Waals surface area contributed by atoms with E-state index in [2.05, 4.69) is 4.98 Å². The van der Waals surface area contributed by atoms with E-state index in [0.717, 1.165) is 15.6 Å². The maximum Gasteiger partial charge on any atom is 0.303 e. The zero-order valence-electron chi connectivity index (χ0n) is 10.8. The summed E-state index contributed by atoms with van der Waals surface area (Å²) in [5.41, 5.74) is 1.23. The van der Waals surface area contributed by atoms with Crippen molar-refractivity contribution in [3.8, 4) is 0 Å². The molecule has 2 aromatic rings. The van der Waals surface area contributed by atoms with Gasteiger partial charge in [-0.05, 0) is 25.5 Å². The van der Waals surface area contributed by atoms with Gasteiger partial charge in [-0.1, -0.05) is 17.7 Å². The first-order chi connectivity index (χ1) is 9.47. The Labute approximate surface area is 125 Å². The monoisotopic (exact) mass is 313 g/mol. The maximum absolute atomic E-state index is 13.7. The lowest BCUT2D eigenvalue weighted by Gasteiger charge is -2.02. The quantitative estimate of drug-likeness (QED) is 0.912. The van der Waals surface area contributed by atoms with Crippen LogP contribution in [0.15, 0.2) is 18.2 Å². The summed E-state index contributed by atoms with van der Waals surface area (Å²) in [4.78, 5) is 15.9. The van der Waals surface area contributed by atoms with Gasteiger partial charge in [0.1, 0.15) is 5.82 Å². The van der Waals surface area contributed by atoms with Crippen LogP contribution in [0.1, 0.15) is 27.6 Å². The van der Waals surface area contributed by atoms with E-state index in [4.69, 9.17) is 16.7 Å². The maximum atomic E-state index is 13.7. The standard InChI is InChI=1S/C14H13ClFNO2S/c1-8-12(5-6-14(18)19)20-13(17-8)7-9-10(15)3-2-4-11(9)16/h2-4H,5-7H2,1H3,(H,18,19). The fourth-order valence-electron chi connectivity index (χ4n) is 1.87. The Morgan fingerprint density at radius 1 is 1.50 bits per heavy atom. The van der Waals surface area contributed by atoms with Crippen LogP contribution in [-0.4, -0.2) is 16.1 Å². The zero-order chi connectivity index (χ0) is 14.7. The number of carboxylic acids is 1. The first-order valence-electron chi connectivity index (χ1n) is 6.07. The molecule has 0 amide bonds. The molecule has 3 nitrogen and oxygen atoms in total. The van der Waals surface area contributed by atoms with Gasteiger partial charge < -0.3 is 5.11 Å². The van der Waals surface area contributed by atoms with Crippen LogP contribution < -0.4 is 0 Å². The van der Waals surface area contributed by atoms with E-state index < -0.39 is 5.97 Å². The van der Waals surface area contributed by atoms with Crippen LogP contribution in [0.2, 0.25) is 5.02 Å². The second kappa shape index (κ2) is 6.33. The van der Waals surface area contributed by atoms with Crippen molar-refractivity contribution < 1.29 is 14.3 Å². The van der Waals surface area contributed by atoms with Crippen molar-refractivity contribution in [1.82, 2.24) is 4.98 Å². The fraction of sp³-hybridized carbons (Fsp3) is 0.286. The van der Waals surface area contributed by atoms with Gasteiger partial charge >= 0.3 is 5.97 Å². The van der Waals surface area contributed by atoms with E-state index in [-0.39, 0.29) is 12.2 Å². The number of aromatic nitrogens is 1. The van der Waals surface area contributed by atoms with Gasteiger partial charge in [-0.2, -0.15) is 0 Å². The van der Waals surface area contributed by atoms with Crippen molar-refractivity contribution in [2.24, 2.45) is 0 Å². The number of rotatable bonds is 5. The molecule has 2 rings (SSSR count). The molecule has 20 heavy (non-hydrogen) atoms. The lowest BCUT2D eigenvalue weighted by atomic mass is 10.1. The molecule has 1 heterocycles. The SMILES string of the molecule is Cc1nc(Cc2c(F)cccc2Cl)sc1CCC(=O)O. The van der Waals surface area contributed by atoms with Gasteiger partial charge in [0.05, 0.1) is 17.1 Å². The second-order valence-electron chi connectivity index (χ2n) is 4.39. The topological polar surface area (TPSA) is 50.2 Å². The van der Waals surface area contributed by atoms with Crippen LogP contribution in [0.4, 0.5) is 4.39 Å². The number of thiazole rings is 1. The highest BCUT2D eigenvalue weighted by Gasteiger charge is 2.13. The van der Waals surface area contributed by atoms with E-state index in [9.17, 15) is 9.18 Å². The highest BCUT2D eigenvalue weighted by atomic mass is 35.5. The Morgan fingerprint density at radius 2 is 2.25 bits per heavy atom. The summed E-state index contributed by atoms with van der Waals surface area (Å²) in [6.45, 7) is 1.83. The van der Waals surface area contributed by atoms with Crippen LogP contribution in [-0.2, 0) is 17.6 Å². The normalized spacial score (nSPS) is 10.8. The molecule has 1 aromatic heterocycles. The van der Waals surface area contributed by atoms with Crippen LogP contribution in [0, 0.1) is 12.7 Å². The molecule has 6 heteroatoms. The molecule has 1 aromatic carbocycles. The lowest BCUT2D eigenvalue weighted by Crippen LogP contribution is -1.96. The highest BCUT2D eigenvalue weighted by Crippen LogP contribution is 2.26. The number of nitrogens with zero attached hydrogens (tertiary/aromatic N) is 1. The van der Waals surface area contributed by atoms with Gasteiger partial charge in [-0.3, -0.25) is 4.79 Å². The Kier molecular flexibility index (Phi) is 4.73. The van der Waals surface area contributed by atoms with Crippen molar-refractivity contribution in [2.45, 2.75) is 26.2 Å². The van der Waals surface area contributed by atoms with Crippen LogP contribution in [0.25, 0.3) is 0 Å². The summed E-state index contributed by atoms with van der Waals surface area (Å²) in [6, 6.07) is 4.57. The van der Waals surface area contributed by atoms with Crippen molar-refractivity contribution in [3.05, 3.63) is 50.2 Å². The molecule has 0 unspecified atom stereocenters. The summed E-state index contributed by atoms with van der Waals surface area (Å²) in [5, 5.41) is 9.82. The number of carbonyl (C=O) groups is 1. The number of benzene rings is 1. The molecule has 0 aliphatic rings. The van der Waals surface area contributed by atoms with E-state index in [0.29, 0.717) is 23.4 Å². The van der Waals surface area contributed by atoms with Crippen molar-refractivity contribution in [1.29, 1.82) is 0 Å². The molecule has 0 radical (unpaired) electrons. The molecular weight excluding hydrogens is 301 g/mol. The third-order valence-corrected chi connectivity index (χ3v) is 4.46. The molecule has 0 saturated carbocycles. The number of carboxylic acid groups (broad SMARTS) is 1. The van der Waals surface area contributed by atoms with E-state index in [1.807, 2.05) is 6.92 Å². The first-order valence-corrected chi connectivity index (χ1v) is 7.26. The molecular formula is C14H13ClFNO2S. The van der Waals surface area contributed by atoms with Gasteiger partial charge in [0.25, 0.3) is 0 Å². The van der Waals surface area contributed by atoms with Gasteiger partial charge in [0, 0.05) is 21.9 Å². The van der Waals surface area contributed by atoms with Gasteiger partial charge in [-0.15, -0.1) is 11.3 Å². The highest BCUT2D eigenvalue weighted by molar-refractivity contribution is 7.11.